The Labute approximate surface area is 189 Å². The molecular formula is C24H23N5O4. The predicted molar refractivity (Wildman–Crippen MR) is 121 cm³/mol. The largest absolute Gasteiger partial charge is 0.477 e. The summed E-state index contributed by atoms with van der Waals surface area (Å²) >= 11 is 0. The molecule has 0 aliphatic carbocycles. The number of amides is 1. The number of hydrogen-bond acceptors (Lipinski definition) is 7. The third-order valence-electron chi connectivity index (χ3n) is 5.99. The van der Waals surface area contributed by atoms with Crippen LogP contribution in [0, 0.1) is 11.3 Å². The second kappa shape index (κ2) is 8.85. The molecule has 5 rings (SSSR count). The summed E-state index contributed by atoms with van der Waals surface area (Å²) < 4.78 is 13.5. The normalized spacial score (nSPS) is 16.8. The smallest absolute Gasteiger partial charge is 0.238 e. The van der Waals surface area contributed by atoms with Crippen molar-refractivity contribution in [1.29, 1.82) is 5.41 Å². The topological polar surface area (TPSA) is 114 Å². The van der Waals surface area contributed by atoms with Gasteiger partial charge in [-0.3, -0.25) is 4.79 Å². The summed E-state index contributed by atoms with van der Waals surface area (Å²) in [5, 5.41) is 12.9. The van der Waals surface area contributed by atoms with Gasteiger partial charge >= 0.3 is 0 Å². The Morgan fingerprint density at radius 2 is 2.18 bits per heavy atom. The molecule has 1 N–H and O–H groups in total. The summed E-state index contributed by atoms with van der Waals surface area (Å²) in [6.07, 6.45) is 5.48. The maximum Gasteiger partial charge on any atom is 0.238 e. The lowest BCUT2D eigenvalue weighted by Crippen LogP contribution is -2.41. The maximum atomic E-state index is 12.5. The number of hydrogen-bond donors (Lipinski definition) is 1. The molecule has 3 aromatic heterocycles. The summed E-state index contributed by atoms with van der Waals surface area (Å²) in [6.45, 7) is 0.972. The summed E-state index contributed by atoms with van der Waals surface area (Å²) in [7, 11) is 0. The van der Waals surface area contributed by atoms with Gasteiger partial charge in [-0.15, -0.1) is 5.10 Å². The molecule has 1 aliphatic heterocycles. The van der Waals surface area contributed by atoms with Crippen molar-refractivity contribution in [3.63, 3.8) is 0 Å². The third kappa shape index (κ3) is 3.97. The van der Waals surface area contributed by atoms with E-state index in [0.29, 0.717) is 43.1 Å². The van der Waals surface area contributed by atoms with E-state index in [1.165, 1.54) is 0 Å². The molecule has 33 heavy (non-hydrogen) atoms. The van der Waals surface area contributed by atoms with Crippen LogP contribution in [0.15, 0.2) is 53.1 Å². The minimum Gasteiger partial charge on any atom is -0.477 e. The van der Waals surface area contributed by atoms with Crippen molar-refractivity contribution in [2.75, 3.05) is 13.2 Å². The van der Waals surface area contributed by atoms with Crippen molar-refractivity contribution >= 4 is 35.0 Å². The first-order valence-corrected chi connectivity index (χ1v) is 10.9. The summed E-state index contributed by atoms with van der Waals surface area (Å²) in [4.78, 5) is 29.6. The Morgan fingerprint density at radius 3 is 3.00 bits per heavy atom. The van der Waals surface area contributed by atoms with Crippen LogP contribution in [-0.2, 0) is 9.59 Å². The molecule has 2 unspecified atom stereocenters. The van der Waals surface area contributed by atoms with E-state index >= 15 is 0 Å². The van der Waals surface area contributed by atoms with Crippen molar-refractivity contribution in [2.24, 2.45) is 5.92 Å². The minimum absolute atomic E-state index is 0.0111. The van der Waals surface area contributed by atoms with Gasteiger partial charge in [0, 0.05) is 36.7 Å². The fraction of sp³-hybridized carbons (Fsp3) is 0.292. The Hall–Kier alpha value is -4.01. The van der Waals surface area contributed by atoms with Crippen molar-refractivity contribution in [3.8, 4) is 17.3 Å². The van der Waals surface area contributed by atoms with E-state index in [1.807, 2.05) is 36.4 Å². The Morgan fingerprint density at radius 1 is 1.30 bits per heavy atom. The number of fused-ring (bicyclic) bond motifs is 2. The molecule has 9 nitrogen and oxygen atoms in total. The second-order valence-corrected chi connectivity index (χ2v) is 8.03. The first-order valence-electron chi connectivity index (χ1n) is 10.9. The van der Waals surface area contributed by atoms with E-state index in [0.717, 1.165) is 35.7 Å². The Kier molecular flexibility index (Phi) is 5.60. The van der Waals surface area contributed by atoms with Crippen LogP contribution in [0.4, 0.5) is 0 Å². The SMILES string of the molecule is N=CC(C=O)C(=O)N1CCCC1CCOc1ccc2ncc(-c3cc4ccccc4o3)n2n1. The zero-order valence-electron chi connectivity index (χ0n) is 17.9. The van der Waals surface area contributed by atoms with Gasteiger partial charge < -0.3 is 24.3 Å². The number of aldehydes is 1. The number of furan rings is 1. The van der Waals surface area contributed by atoms with Gasteiger partial charge in [0.05, 0.1) is 12.8 Å². The van der Waals surface area contributed by atoms with E-state index in [-0.39, 0.29) is 11.9 Å². The average molecular weight is 445 g/mol. The van der Waals surface area contributed by atoms with E-state index in [4.69, 9.17) is 14.6 Å². The number of nitrogens with one attached hydrogen (secondary N) is 1. The zero-order chi connectivity index (χ0) is 22.8. The molecule has 4 heterocycles. The van der Waals surface area contributed by atoms with Crippen molar-refractivity contribution in [2.45, 2.75) is 25.3 Å². The molecule has 9 heteroatoms. The van der Waals surface area contributed by atoms with Crippen LogP contribution in [0.3, 0.4) is 0 Å². The van der Waals surface area contributed by atoms with Crippen LogP contribution in [0.2, 0.25) is 0 Å². The molecule has 4 aromatic rings. The van der Waals surface area contributed by atoms with Gasteiger partial charge in [-0.05, 0) is 31.0 Å². The number of nitrogens with zero attached hydrogens (tertiary/aromatic N) is 4. The molecule has 0 bridgehead atoms. The monoisotopic (exact) mass is 445 g/mol. The Balaban J connectivity index is 1.29. The number of para-hydroxylation sites is 1. The number of likely N-dealkylation sites (tertiary alicyclic amines) is 1. The molecule has 1 aliphatic rings. The highest BCUT2D eigenvalue weighted by atomic mass is 16.5. The van der Waals surface area contributed by atoms with E-state index < -0.39 is 5.92 Å². The van der Waals surface area contributed by atoms with Crippen molar-refractivity contribution < 1.29 is 18.7 Å². The highest BCUT2D eigenvalue weighted by molar-refractivity contribution is 6.05. The standard InChI is InChI=1S/C24H23N5O4/c25-13-17(15-30)24(31)28-10-3-5-18(28)9-11-32-23-8-7-22-26-14-19(29(22)27-23)21-12-16-4-1-2-6-20(16)33-21/h1-2,4,6-8,12-15,17-18,25H,3,5,9-11H2. The van der Waals surface area contributed by atoms with E-state index in [9.17, 15) is 9.59 Å². The minimum atomic E-state index is -1.01. The fourth-order valence-corrected chi connectivity index (χ4v) is 4.30. The third-order valence-corrected chi connectivity index (χ3v) is 5.99. The predicted octanol–water partition coefficient (Wildman–Crippen LogP) is 3.37. The molecule has 0 spiro atoms. The molecule has 1 amide bonds. The molecule has 0 radical (unpaired) electrons. The number of imidazole rings is 1. The fourth-order valence-electron chi connectivity index (χ4n) is 4.30. The highest BCUT2D eigenvalue weighted by Crippen LogP contribution is 2.28. The summed E-state index contributed by atoms with van der Waals surface area (Å²) in [5.74, 6) is -0.201. The van der Waals surface area contributed by atoms with E-state index in [1.54, 1.807) is 21.7 Å². The lowest BCUT2D eigenvalue weighted by atomic mass is 10.1. The first kappa shape index (κ1) is 20.9. The molecule has 0 saturated carbocycles. The van der Waals surface area contributed by atoms with Gasteiger partial charge in [0.15, 0.2) is 11.4 Å². The molecule has 2 atom stereocenters. The van der Waals surface area contributed by atoms with Gasteiger partial charge in [-0.1, -0.05) is 18.2 Å². The van der Waals surface area contributed by atoms with Gasteiger partial charge in [0.2, 0.25) is 11.8 Å². The van der Waals surface area contributed by atoms with Crippen LogP contribution in [0.25, 0.3) is 28.1 Å². The second-order valence-electron chi connectivity index (χ2n) is 8.03. The summed E-state index contributed by atoms with van der Waals surface area (Å²) in [6, 6.07) is 13.3. The van der Waals surface area contributed by atoms with Crippen LogP contribution >= 0.6 is 0 Å². The number of ether oxygens (including phenoxy) is 1. The van der Waals surface area contributed by atoms with Crippen molar-refractivity contribution in [3.05, 3.63) is 48.7 Å². The van der Waals surface area contributed by atoms with Gasteiger partial charge in [0.25, 0.3) is 0 Å². The quantitative estimate of drug-likeness (QED) is 0.253. The number of carbonyl (C=O) groups excluding carboxylic acids is 2. The van der Waals surface area contributed by atoms with Crippen LogP contribution in [-0.4, -0.2) is 57.1 Å². The van der Waals surface area contributed by atoms with Crippen LogP contribution in [0.5, 0.6) is 5.88 Å². The first-order chi connectivity index (χ1) is 16.2. The highest BCUT2D eigenvalue weighted by Gasteiger charge is 2.32. The summed E-state index contributed by atoms with van der Waals surface area (Å²) in [5.41, 5.74) is 2.20. The van der Waals surface area contributed by atoms with Crippen LogP contribution in [0.1, 0.15) is 19.3 Å². The van der Waals surface area contributed by atoms with Crippen molar-refractivity contribution in [1.82, 2.24) is 19.5 Å². The number of aromatic nitrogens is 3. The lowest BCUT2D eigenvalue weighted by molar-refractivity contribution is -0.136. The molecular weight excluding hydrogens is 422 g/mol. The number of rotatable bonds is 8. The molecule has 1 aromatic carbocycles. The zero-order valence-corrected chi connectivity index (χ0v) is 17.9. The Bertz CT molecular complexity index is 1290. The molecule has 1 fully saturated rings. The number of carbonyl (C=O) groups is 2. The molecule has 168 valence electrons. The molecule has 1 saturated heterocycles. The lowest BCUT2D eigenvalue weighted by Gasteiger charge is -2.25. The number of benzene rings is 1. The van der Waals surface area contributed by atoms with E-state index in [2.05, 4.69) is 10.1 Å². The average Bonchev–Trinajstić information content (AvgIpc) is 3.57. The van der Waals surface area contributed by atoms with Gasteiger partial charge in [-0.2, -0.15) is 0 Å². The maximum absolute atomic E-state index is 12.5. The van der Waals surface area contributed by atoms with Gasteiger partial charge in [0.1, 0.15) is 23.5 Å². The van der Waals surface area contributed by atoms with Crippen LogP contribution < -0.4 is 4.74 Å². The van der Waals surface area contributed by atoms with Gasteiger partial charge in [-0.25, -0.2) is 9.50 Å².